The number of carbonyl (C=O) groups excluding carboxylic acids is 12. The number of hydrogen-bond acceptors (Lipinski definition) is 18. The van der Waals surface area contributed by atoms with E-state index < -0.39 is 175 Å². The summed E-state index contributed by atoms with van der Waals surface area (Å²) in [4.78, 5) is 203. The minimum absolute atomic E-state index is 0.00220. The van der Waals surface area contributed by atoms with Crippen molar-refractivity contribution >= 4 is 82.8 Å². The fourth-order valence-corrected chi connectivity index (χ4v) is 11.6. The number of nitrogens with zero attached hydrogens (tertiary/aromatic N) is 4. The lowest BCUT2D eigenvalue weighted by molar-refractivity contribution is -0.168. The van der Waals surface area contributed by atoms with E-state index in [0.29, 0.717) is 21.6 Å². The lowest BCUT2D eigenvalue weighted by Crippen LogP contribution is -2.72. The number of aromatic amines is 1. The summed E-state index contributed by atoms with van der Waals surface area (Å²) in [5, 5.41) is 51.7. The second-order valence-electron chi connectivity index (χ2n) is 24.7. The van der Waals surface area contributed by atoms with E-state index in [2.05, 4.69) is 57.5 Å². The van der Waals surface area contributed by atoms with Crippen LogP contribution in [0.5, 0.6) is 11.5 Å². The van der Waals surface area contributed by atoms with Crippen LogP contribution in [0.2, 0.25) is 0 Å². The third-order valence-corrected chi connectivity index (χ3v) is 16.9. The van der Waals surface area contributed by atoms with Crippen LogP contribution in [0, 0.1) is 0 Å². The number of phenolic OH excluding ortho intramolecular Hbond substituents is 2. The van der Waals surface area contributed by atoms with Crippen LogP contribution in [0.1, 0.15) is 80.3 Å². The van der Waals surface area contributed by atoms with E-state index in [1.807, 2.05) is 0 Å². The number of nitrogens with one attached hydrogen (secondary N) is 9. The van der Waals surface area contributed by atoms with Gasteiger partial charge in [-0.1, -0.05) is 84.9 Å². The summed E-state index contributed by atoms with van der Waals surface area (Å²) in [5.74, 6) is -16.7. The van der Waals surface area contributed by atoms with E-state index in [4.69, 9.17) is 28.7 Å². The number of carbonyl (C=O) groups is 13. The summed E-state index contributed by atoms with van der Waals surface area (Å²) >= 11 is 0. The maximum Gasteiger partial charge on any atom is 0.350 e. The minimum Gasteiger partial charge on any atom is -0.508 e. The Morgan fingerprint density at radius 1 is 0.644 bits per heavy atom. The number of phenols is 2. The first-order valence-electron chi connectivity index (χ1n) is 32.3. The highest BCUT2D eigenvalue weighted by atomic mass is 16.4. The first-order valence-corrected chi connectivity index (χ1v) is 32.3. The Morgan fingerprint density at radius 3 is 1.71 bits per heavy atom. The Bertz CT molecular complexity index is 3830. The number of aliphatic imine (C=N–C) groups is 1. The zero-order valence-corrected chi connectivity index (χ0v) is 55.3. The molecule has 0 spiro atoms. The van der Waals surface area contributed by atoms with Crippen LogP contribution < -0.4 is 71.2 Å². The normalized spacial score (nSPS) is 23.1. The quantitative estimate of drug-likeness (QED) is 0.0189. The van der Waals surface area contributed by atoms with Gasteiger partial charge in [-0.15, -0.1) is 0 Å². The van der Waals surface area contributed by atoms with E-state index in [1.165, 1.54) is 61.1 Å². The number of primary amides is 2. The molecule has 34 nitrogen and oxygen atoms in total. The van der Waals surface area contributed by atoms with E-state index >= 15 is 24.0 Å². The van der Waals surface area contributed by atoms with Gasteiger partial charge in [0.2, 0.25) is 76.5 Å². The topological polar surface area (TPSA) is 556 Å². The van der Waals surface area contributed by atoms with E-state index in [-0.39, 0.29) is 80.3 Å². The van der Waals surface area contributed by atoms with Gasteiger partial charge in [0.25, 0.3) is 0 Å². The van der Waals surface area contributed by atoms with Gasteiger partial charge in [0.15, 0.2) is 5.96 Å². The number of H-pyrrole nitrogens is 1. The molecule has 12 amide bonds. The predicted molar refractivity (Wildman–Crippen MR) is 360 cm³/mol. The zero-order chi connectivity index (χ0) is 73.7. The van der Waals surface area contributed by atoms with Crippen LogP contribution >= 0.6 is 0 Å². The number of aromatic nitrogens is 2. The predicted octanol–water partition coefficient (Wildman–Crippen LogP) is -4.00. The van der Waals surface area contributed by atoms with Crippen molar-refractivity contribution in [1.82, 2.24) is 62.3 Å². The summed E-state index contributed by atoms with van der Waals surface area (Å²) in [6.45, 7) is 1.84. The molecule has 538 valence electrons. The number of carboxylic acids is 1. The Hall–Kier alpha value is -12.0. The van der Waals surface area contributed by atoms with E-state index in [1.54, 1.807) is 60.7 Å². The molecular weight excluding hydrogens is 1310 g/mol. The molecule has 0 saturated carbocycles. The van der Waals surface area contributed by atoms with Gasteiger partial charge in [0.1, 0.15) is 65.9 Å². The molecule has 0 radical (unpaired) electrons. The number of fused-ring (bicyclic) bond motifs is 1. The van der Waals surface area contributed by atoms with Crippen molar-refractivity contribution in [2.75, 3.05) is 13.1 Å². The molecule has 2 aliphatic heterocycles. The highest BCUT2D eigenvalue weighted by Gasteiger charge is 2.51. The number of guanidine groups is 1. The largest absolute Gasteiger partial charge is 0.508 e. The summed E-state index contributed by atoms with van der Waals surface area (Å²) in [6, 6.07) is 9.12. The Kier molecular flexibility index (Phi) is 26.9. The molecule has 2 fully saturated rings. The lowest BCUT2D eigenvalue weighted by atomic mass is 9.97. The zero-order valence-electron chi connectivity index (χ0n) is 55.3. The average Bonchev–Trinajstić information content (AvgIpc) is 1.41. The number of imidazole rings is 1. The van der Waals surface area contributed by atoms with Gasteiger partial charge in [-0.05, 0) is 92.5 Å². The van der Waals surface area contributed by atoms with E-state index in [9.17, 15) is 53.7 Å². The van der Waals surface area contributed by atoms with Crippen molar-refractivity contribution in [2.24, 2.45) is 33.7 Å². The molecule has 2 saturated heterocycles. The lowest BCUT2D eigenvalue weighted by Gasteiger charge is -2.43. The van der Waals surface area contributed by atoms with Gasteiger partial charge in [-0.2, -0.15) is 0 Å². The van der Waals surface area contributed by atoms with Crippen molar-refractivity contribution < 1.29 is 77.6 Å². The first-order chi connectivity index (χ1) is 48.0. The highest BCUT2D eigenvalue weighted by molar-refractivity contribution is 6.02. The monoisotopic (exact) mass is 1400 g/mol. The van der Waals surface area contributed by atoms with Crippen molar-refractivity contribution in [3.63, 3.8) is 0 Å². The number of hydrogen-bond donors (Lipinski definition) is 17. The fraction of sp³-hybridized carbons (Fsp3) is 0.388. The highest BCUT2D eigenvalue weighted by Crippen LogP contribution is 2.26. The Morgan fingerprint density at radius 2 is 1.17 bits per heavy atom. The number of carboxylic acid groups (broad SMARTS) is 1. The van der Waals surface area contributed by atoms with Gasteiger partial charge in [-0.25, -0.2) is 9.78 Å². The van der Waals surface area contributed by atoms with Gasteiger partial charge in [-0.3, -0.25) is 67.4 Å². The molecule has 1 aromatic heterocycles. The molecule has 7 rings (SSSR count). The maximum atomic E-state index is 15.8. The minimum atomic E-state index is -3.17. The SMILES string of the molecule is C[C@@H]1NC(=O)[C@H](CC(N)=O)NC(=O)[C@@H]2CCCN2C(=O)[C@H](CCCN=C(N)N)NC(=O)[C@@H](Cc2ccccc2)NC(=O)[C@H](Cc2c[nH]cn2)NC(=O)[C@@H](NC(=O)[C@@H](N)Cc2ccc(O)cc2)CC(=O)N([C@@H](Cc2ccc(O)cc2)C(N)=O)[C@@](C)(C(=O)O)NC(=O)[C@H](Cc2ccccc2)NC1=O. The van der Waals surface area contributed by atoms with Crippen LogP contribution in [0.25, 0.3) is 0 Å². The van der Waals surface area contributed by atoms with Crippen LogP contribution in [-0.4, -0.2) is 197 Å². The van der Waals surface area contributed by atoms with E-state index in [0.717, 1.165) is 18.7 Å². The standard InChI is InChI=1S/C67H84N18O16/c1-36-56(91)78-47(29-38-13-7-4-8-14-38)62(97)83-67(2,65(100)101)85(52(55(70)90)30-40-19-23-43(87)24-20-40)54(89)33-50(79-57(92)44(68)27-39-17-21-42(86)22-18-39)61(96)81-48(31-41-34-73-35-75-41)60(95)80-46(28-37-11-5-3-6-12-37)59(94)77-45(15-9-25-74-66(71)72)64(99)84-26-10-16-51(84)63(98)82-49(32-53(69)88)58(93)76-36/h3-8,11-14,17-24,34-36,44-52,86-87H,9-10,15-16,25-33,68H2,1-2H3,(H2,69,88)(H2,70,90)(H,73,75)(H,76,93)(H,77,94)(H,78,91)(H,79,92)(H,80,95)(H,81,96)(H,82,98)(H,83,97)(H,100,101)(H4,71,72,74)/t36-,44-,45-,46+,47-,48-,49-,50-,51-,52-,67-/m0/s1. The molecule has 5 aromatic rings. The summed E-state index contributed by atoms with van der Waals surface area (Å²) < 4.78 is 0. The molecule has 11 atom stereocenters. The Balaban J connectivity index is 1.40. The number of aliphatic carboxylic acids is 1. The number of aromatic hydroxyl groups is 2. The van der Waals surface area contributed by atoms with Crippen LogP contribution in [0.3, 0.4) is 0 Å². The van der Waals surface area contributed by atoms with Crippen molar-refractivity contribution in [2.45, 2.75) is 151 Å². The molecule has 0 aliphatic carbocycles. The Labute approximate surface area is 579 Å². The van der Waals surface area contributed by atoms with Crippen LogP contribution in [0.4, 0.5) is 0 Å². The third kappa shape index (κ3) is 21.8. The molecule has 22 N–H and O–H groups in total. The summed E-state index contributed by atoms with van der Waals surface area (Å²) in [7, 11) is 0. The first kappa shape index (κ1) is 76.4. The molecule has 0 unspecified atom stereocenters. The average molecular weight is 1400 g/mol. The molecule has 4 aromatic carbocycles. The third-order valence-electron chi connectivity index (χ3n) is 16.9. The second-order valence-corrected chi connectivity index (χ2v) is 24.7. The van der Waals surface area contributed by atoms with Gasteiger partial charge in [0.05, 0.1) is 30.9 Å². The van der Waals surface area contributed by atoms with Crippen molar-refractivity contribution in [3.05, 3.63) is 150 Å². The summed E-state index contributed by atoms with van der Waals surface area (Å²) in [6.07, 6.45) is -1.62. The fourth-order valence-electron chi connectivity index (χ4n) is 11.6. The van der Waals surface area contributed by atoms with Gasteiger partial charge < -0.3 is 96.4 Å². The summed E-state index contributed by atoms with van der Waals surface area (Å²) in [5.41, 5.74) is 27.7. The molecule has 101 heavy (non-hydrogen) atoms. The molecule has 0 bridgehead atoms. The smallest absolute Gasteiger partial charge is 0.350 e. The number of rotatable bonds is 21. The maximum absolute atomic E-state index is 15.8. The van der Waals surface area contributed by atoms with Gasteiger partial charge in [0, 0.05) is 45.0 Å². The van der Waals surface area contributed by atoms with Crippen LogP contribution in [0.15, 0.2) is 127 Å². The molecule has 34 heteroatoms. The number of amides is 12. The van der Waals surface area contributed by atoms with Gasteiger partial charge >= 0.3 is 5.97 Å². The number of benzene rings is 4. The molecule has 2 aliphatic rings. The molecule has 3 heterocycles. The molecular formula is C67H84N18O16. The van der Waals surface area contributed by atoms with Crippen molar-refractivity contribution in [3.8, 4) is 11.5 Å². The van der Waals surface area contributed by atoms with Crippen LogP contribution in [-0.2, 0) is 94.4 Å². The van der Waals surface area contributed by atoms with Crippen molar-refractivity contribution in [1.29, 1.82) is 0 Å². The second kappa shape index (κ2) is 35.5. The number of nitrogens with two attached hydrogens (primary N) is 5.